The summed E-state index contributed by atoms with van der Waals surface area (Å²) >= 11 is 0. The second-order valence-corrected chi connectivity index (χ2v) is 19.8. The Kier molecular flexibility index (Phi) is 2.53. The highest BCUT2D eigenvalue weighted by atomic mass is 29.3. The van der Waals surface area contributed by atoms with Crippen molar-refractivity contribution in [2.45, 2.75) is 44.6 Å². The smallest absolute Gasteiger partial charge is 0.177 e. The van der Waals surface area contributed by atoms with Gasteiger partial charge in [-0.05, 0) is 19.1 Å². The molecule has 0 radical (unpaired) electrons. The molecule has 1 rings (SSSR count). The Bertz CT molecular complexity index is 161. The van der Waals surface area contributed by atoms with Gasteiger partial charge >= 0.3 is 0 Å². The highest BCUT2D eigenvalue weighted by molar-refractivity contribution is 7.38. The summed E-state index contributed by atoms with van der Waals surface area (Å²) in [5.74, 6) is 0. The van der Waals surface area contributed by atoms with Crippen molar-refractivity contribution in [3.8, 4) is 0 Å². The van der Waals surface area contributed by atoms with Crippen molar-refractivity contribution in [3.63, 3.8) is 0 Å². The number of rotatable bonds is 0. The van der Waals surface area contributed by atoms with Gasteiger partial charge in [0, 0.05) is 0 Å². The lowest BCUT2D eigenvalue weighted by Gasteiger charge is -2.46. The molecular weight excluding hydrogens is 188 g/mol. The van der Waals surface area contributed by atoms with Gasteiger partial charge in [-0.15, -0.1) is 0 Å². The second kappa shape index (κ2) is 2.92. The molecule has 1 aliphatic rings. The van der Waals surface area contributed by atoms with Crippen LogP contribution in [0, 0.1) is 0 Å². The molecule has 72 valence electrons. The maximum absolute atomic E-state index is 9.43. The molecule has 0 aromatic carbocycles. The Morgan fingerprint density at radius 1 is 1.17 bits per heavy atom. The monoisotopic (exact) mass is 206 g/mol. The van der Waals surface area contributed by atoms with Crippen LogP contribution in [0.2, 0.25) is 32.2 Å². The minimum Gasteiger partial charge on any atom is -0.394 e. The number of aliphatic hydroxyl groups excluding tert-OH is 2. The first kappa shape index (κ1) is 10.4. The fourth-order valence-electron chi connectivity index (χ4n) is 1.41. The normalized spacial score (nSPS) is 39.5. The molecule has 0 aliphatic carbocycles. The molecule has 2 N–H and O–H groups in total. The zero-order valence-electron chi connectivity index (χ0n) is 8.16. The summed E-state index contributed by atoms with van der Waals surface area (Å²) in [5, 5.41) is 18.8. The van der Waals surface area contributed by atoms with E-state index in [0.29, 0.717) is 0 Å². The minimum absolute atomic E-state index is 0.660. The van der Waals surface area contributed by atoms with Gasteiger partial charge in [0.25, 0.3) is 0 Å². The predicted molar refractivity (Wildman–Crippen MR) is 52.9 cm³/mol. The molecule has 5 heteroatoms. The molecule has 2 unspecified atom stereocenters. The van der Waals surface area contributed by atoms with Crippen molar-refractivity contribution in [3.05, 3.63) is 0 Å². The molecule has 0 aromatic rings. The Hall–Kier alpha value is 0.314. The Labute approximate surface area is 75.3 Å². The molecule has 2 atom stereocenters. The van der Waals surface area contributed by atoms with Gasteiger partial charge < -0.3 is 14.6 Å². The third kappa shape index (κ3) is 1.65. The van der Waals surface area contributed by atoms with Crippen LogP contribution in [0.1, 0.15) is 0 Å². The summed E-state index contributed by atoms with van der Waals surface area (Å²) in [6, 6.07) is 0.771. The lowest BCUT2D eigenvalue weighted by atomic mass is 10.4. The van der Waals surface area contributed by atoms with Gasteiger partial charge in [0.05, 0.1) is 7.59 Å². The van der Waals surface area contributed by atoms with Crippen LogP contribution in [-0.4, -0.2) is 38.0 Å². The molecule has 0 bridgehead atoms. The van der Waals surface area contributed by atoms with Crippen molar-refractivity contribution >= 4 is 15.4 Å². The van der Waals surface area contributed by atoms with Gasteiger partial charge in [0.15, 0.2) is 14.1 Å². The van der Waals surface area contributed by atoms with Gasteiger partial charge in [-0.3, -0.25) is 0 Å². The molecule has 1 saturated heterocycles. The van der Waals surface area contributed by atoms with Crippen molar-refractivity contribution in [2.24, 2.45) is 0 Å². The SMILES string of the molecule is C[Si]1(C)CC(O)C(O)O[Si]1(C)C. The van der Waals surface area contributed by atoms with E-state index in [4.69, 9.17) is 4.43 Å². The molecule has 0 amide bonds. The zero-order chi connectivity index (χ0) is 9.57. The first-order valence-electron chi connectivity index (χ1n) is 4.30. The van der Waals surface area contributed by atoms with E-state index in [1.807, 2.05) is 0 Å². The van der Waals surface area contributed by atoms with E-state index in [9.17, 15) is 10.2 Å². The molecule has 1 heterocycles. The number of hydrogen-bond acceptors (Lipinski definition) is 3. The van der Waals surface area contributed by atoms with E-state index < -0.39 is 27.8 Å². The summed E-state index contributed by atoms with van der Waals surface area (Å²) in [4.78, 5) is 0. The van der Waals surface area contributed by atoms with E-state index in [1.165, 1.54) is 0 Å². The Balaban J connectivity index is 2.80. The van der Waals surface area contributed by atoms with Crippen LogP contribution in [0.5, 0.6) is 0 Å². The standard InChI is InChI=1S/C7H18O3Si2/c1-11(2)5-6(8)7(9)10-12(11,3)4/h6-9H,5H2,1-4H3. The Morgan fingerprint density at radius 3 is 2.08 bits per heavy atom. The molecule has 1 fully saturated rings. The molecular formula is C7H18O3Si2. The van der Waals surface area contributed by atoms with Gasteiger partial charge in [0.2, 0.25) is 0 Å². The van der Waals surface area contributed by atoms with Crippen LogP contribution in [-0.2, 0) is 4.43 Å². The lowest BCUT2D eigenvalue weighted by molar-refractivity contribution is -0.105. The number of aliphatic hydroxyl groups is 2. The fourth-order valence-corrected chi connectivity index (χ4v) is 7.65. The topological polar surface area (TPSA) is 49.7 Å². The predicted octanol–water partition coefficient (Wildman–Crippen LogP) is 0.688. The van der Waals surface area contributed by atoms with Gasteiger partial charge in [-0.1, -0.05) is 13.1 Å². The van der Waals surface area contributed by atoms with Crippen LogP contribution in [0.15, 0.2) is 0 Å². The molecule has 3 nitrogen and oxygen atoms in total. The molecule has 0 saturated carbocycles. The molecule has 0 aromatic heterocycles. The third-order valence-corrected chi connectivity index (χ3v) is 19.4. The average Bonchev–Trinajstić information content (AvgIpc) is 1.82. The minimum atomic E-state index is -1.69. The van der Waals surface area contributed by atoms with E-state index in [-0.39, 0.29) is 0 Å². The van der Waals surface area contributed by atoms with Gasteiger partial charge in [-0.2, -0.15) is 0 Å². The first-order chi connectivity index (χ1) is 5.26. The van der Waals surface area contributed by atoms with Crippen LogP contribution in [0.4, 0.5) is 0 Å². The summed E-state index contributed by atoms with van der Waals surface area (Å²) in [7, 11) is -3.11. The van der Waals surface area contributed by atoms with Crippen LogP contribution in [0.3, 0.4) is 0 Å². The number of hydrogen-bond donors (Lipinski definition) is 2. The van der Waals surface area contributed by atoms with Crippen LogP contribution < -0.4 is 0 Å². The van der Waals surface area contributed by atoms with E-state index in [2.05, 4.69) is 26.2 Å². The van der Waals surface area contributed by atoms with Crippen molar-refractivity contribution in [1.82, 2.24) is 0 Å². The average molecular weight is 206 g/mol. The Morgan fingerprint density at radius 2 is 1.67 bits per heavy atom. The first-order valence-corrected chi connectivity index (χ1v) is 11.4. The summed E-state index contributed by atoms with van der Waals surface area (Å²) in [6.07, 6.45) is -1.60. The zero-order valence-corrected chi connectivity index (χ0v) is 10.2. The van der Waals surface area contributed by atoms with E-state index in [1.54, 1.807) is 0 Å². The van der Waals surface area contributed by atoms with E-state index >= 15 is 0 Å². The van der Waals surface area contributed by atoms with Crippen molar-refractivity contribution in [2.75, 3.05) is 0 Å². The molecule has 0 spiro atoms. The quantitative estimate of drug-likeness (QED) is 0.573. The van der Waals surface area contributed by atoms with Crippen LogP contribution >= 0.6 is 0 Å². The maximum Gasteiger partial charge on any atom is 0.177 e. The summed E-state index contributed by atoms with van der Waals surface area (Å²) < 4.78 is 5.51. The lowest BCUT2D eigenvalue weighted by Crippen LogP contribution is -2.65. The highest BCUT2D eigenvalue weighted by Gasteiger charge is 2.50. The van der Waals surface area contributed by atoms with Gasteiger partial charge in [0.1, 0.15) is 6.10 Å². The summed E-state index contributed by atoms with van der Waals surface area (Å²) in [6.45, 7) is 8.73. The molecule has 12 heavy (non-hydrogen) atoms. The maximum atomic E-state index is 9.43. The van der Waals surface area contributed by atoms with Gasteiger partial charge in [-0.25, -0.2) is 0 Å². The summed E-state index contributed by atoms with van der Waals surface area (Å²) in [5.41, 5.74) is 0. The van der Waals surface area contributed by atoms with E-state index in [0.717, 1.165) is 6.04 Å². The fraction of sp³-hybridized carbons (Fsp3) is 1.00. The van der Waals surface area contributed by atoms with Crippen LogP contribution in [0.25, 0.3) is 0 Å². The third-order valence-electron chi connectivity index (χ3n) is 3.09. The second-order valence-electron chi connectivity index (χ2n) is 4.67. The van der Waals surface area contributed by atoms with Crippen molar-refractivity contribution in [1.29, 1.82) is 0 Å². The largest absolute Gasteiger partial charge is 0.394 e. The van der Waals surface area contributed by atoms with Crippen molar-refractivity contribution < 1.29 is 14.6 Å². The molecule has 1 aliphatic heterocycles. The highest BCUT2D eigenvalue weighted by Crippen LogP contribution is 2.32.